The number of rotatable bonds is 6. The molecule has 1 aliphatic rings. The molecule has 2 atom stereocenters. The summed E-state index contributed by atoms with van der Waals surface area (Å²) in [6.07, 6.45) is -1.40. The molecule has 1 fully saturated rings. The van der Waals surface area contributed by atoms with E-state index in [1.54, 1.807) is 0 Å². The fourth-order valence-corrected chi connectivity index (χ4v) is 4.01. The molecule has 0 radical (unpaired) electrons. The summed E-state index contributed by atoms with van der Waals surface area (Å²) in [5.74, 6) is -3.39. The number of hydrogen-bond donors (Lipinski definition) is 0. The summed E-state index contributed by atoms with van der Waals surface area (Å²) in [7, 11) is -8.66. The molecule has 22 heavy (non-hydrogen) atoms. The molecule has 0 saturated carbocycles. The molecule has 1 saturated heterocycles. The largest absolute Gasteiger partial charge is 0.523 e. The van der Waals surface area contributed by atoms with Crippen LogP contribution in [-0.2, 0) is 37.4 Å². The van der Waals surface area contributed by atoms with Gasteiger partial charge in [-0.3, -0.25) is 4.57 Å². The van der Waals surface area contributed by atoms with Crippen molar-refractivity contribution in [3.8, 4) is 0 Å². The fourth-order valence-electron chi connectivity index (χ4n) is 1.64. The smallest absolute Gasteiger partial charge is 0.348 e. The molecule has 0 aromatic heterocycles. The van der Waals surface area contributed by atoms with E-state index in [9.17, 15) is 26.2 Å². The molecule has 0 N–H and O–H groups in total. The third-order valence-corrected chi connectivity index (χ3v) is 5.93. The lowest BCUT2D eigenvalue weighted by Crippen LogP contribution is -2.39. The molecule has 0 bridgehead atoms. The Balaban J connectivity index is 3.17. The van der Waals surface area contributed by atoms with Gasteiger partial charge in [-0.2, -0.15) is 21.6 Å². The van der Waals surface area contributed by atoms with Crippen LogP contribution < -0.4 is 0 Å². The van der Waals surface area contributed by atoms with E-state index in [0.29, 0.717) is 0 Å². The highest BCUT2D eigenvalue weighted by atomic mass is 32.2. The Morgan fingerprint density at radius 2 is 1.77 bits per heavy atom. The van der Waals surface area contributed by atoms with Crippen molar-refractivity contribution in [2.75, 3.05) is 20.8 Å². The Morgan fingerprint density at radius 3 is 2.09 bits per heavy atom. The summed E-state index contributed by atoms with van der Waals surface area (Å²) in [5, 5.41) is 0. The van der Waals surface area contributed by atoms with Crippen LogP contribution in [0.2, 0.25) is 0 Å². The molecule has 1 rings (SSSR count). The first-order valence-electron chi connectivity index (χ1n) is 5.80. The molecular formula is C9H16F3O8PS. The maximum atomic E-state index is 12.5. The second-order valence-electron chi connectivity index (χ2n) is 4.66. The van der Waals surface area contributed by atoms with Gasteiger partial charge < -0.3 is 18.5 Å². The number of halogens is 3. The summed E-state index contributed by atoms with van der Waals surface area (Å²) >= 11 is 0. The number of hydrogen-bond acceptors (Lipinski definition) is 8. The summed E-state index contributed by atoms with van der Waals surface area (Å²) in [5.41, 5.74) is -5.70. The Bertz CT molecular complexity index is 538. The van der Waals surface area contributed by atoms with Crippen LogP contribution in [0.4, 0.5) is 13.2 Å². The molecule has 8 nitrogen and oxygen atoms in total. The molecule has 1 unspecified atom stereocenters. The van der Waals surface area contributed by atoms with Gasteiger partial charge >= 0.3 is 23.2 Å². The Labute approximate surface area is 125 Å². The van der Waals surface area contributed by atoms with E-state index in [2.05, 4.69) is 13.2 Å². The number of alkyl halides is 3. The minimum Gasteiger partial charge on any atom is -0.348 e. The van der Waals surface area contributed by atoms with E-state index in [1.807, 2.05) is 0 Å². The molecule has 0 spiro atoms. The lowest BCUT2D eigenvalue weighted by molar-refractivity contribution is -0.145. The molecule has 0 aliphatic carbocycles. The third-order valence-electron chi connectivity index (χ3n) is 2.68. The maximum absolute atomic E-state index is 12.5. The molecule has 1 aliphatic heterocycles. The van der Waals surface area contributed by atoms with Crippen molar-refractivity contribution in [3.05, 3.63) is 0 Å². The summed E-state index contributed by atoms with van der Waals surface area (Å²) in [6.45, 7) is 2.52. The van der Waals surface area contributed by atoms with Gasteiger partial charge in [0, 0.05) is 14.2 Å². The lowest BCUT2D eigenvalue weighted by atomic mass is 10.4. The summed E-state index contributed by atoms with van der Waals surface area (Å²) in [4.78, 5) is 0. The molecule has 13 heteroatoms. The van der Waals surface area contributed by atoms with Crippen LogP contribution >= 0.6 is 7.60 Å². The molecule has 0 aromatic rings. The van der Waals surface area contributed by atoms with E-state index < -0.39 is 41.0 Å². The standard InChI is InChI=1S/C9H16F3O8PS/c1-8(2)18-5-6(19-8)7(21(13,16-3)17-4)20-22(14,15)9(10,11)12/h6-7H,5H2,1-4H3/t6?,7-/m0/s1. The fraction of sp³-hybridized carbons (Fsp3) is 1.00. The average molecular weight is 372 g/mol. The summed E-state index contributed by atoms with van der Waals surface area (Å²) < 4.78 is 95.5. The van der Waals surface area contributed by atoms with Crippen LogP contribution in [0.25, 0.3) is 0 Å². The van der Waals surface area contributed by atoms with Crippen molar-refractivity contribution in [2.45, 2.75) is 37.1 Å². The zero-order valence-electron chi connectivity index (χ0n) is 12.1. The quantitative estimate of drug-likeness (QED) is 0.396. The van der Waals surface area contributed by atoms with E-state index in [1.165, 1.54) is 13.8 Å². The van der Waals surface area contributed by atoms with Crippen LogP contribution in [0.15, 0.2) is 0 Å². The second-order valence-corrected chi connectivity index (χ2v) is 8.54. The molecular weight excluding hydrogens is 356 g/mol. The highest BCUT2D eigenvalue weighted by molar-refractivity contribution is 7.87. The van der Waals surface area contributed by atoms with E-state index in [4.69, 9.17) is 9.47 Å². The highest BCUT2D eigenvalue weighted by Gasteiger charge is 2.56. The van der Waals surface area contributed by atoms with Crippen molar-refractivity contribution in [1.82, 2.24) is 0 Å². The molecule has 132 valence electrons. The van der Waals surface area contributed by atoms with Gasteiger partial charge in [0.2, 0.25) is 5.85 Å². The molecule has 1 heterocycles. The van der Waals surface area contributed by atoms with Crippen molar-refractivity contribution in [2.24, 2.45) is 0 Å². The van der Waals surface area contributed by atoms with Crippen LogP contribution in [-0.4, -0.2) is 52.5 Å². The Kier molecular flexibility index (Phi) is 5.71. The van der Waals surface area contributed by atoms with E-state index in [0.717, 1.165) is 14.2 Å². The monoisotopic (exact) mass is 372 g/mol. The van der Waals surface area contributed by atoms with Gasteiger partial charge in [0.1, 0.15) is 6.10 Å². The Hall–Kier alpha value is -0.230. The third kappa shape index (κ3) is 4.19. The van der Waals surface area contributed by atoms with Crippen molar-refractivity contribution in [3.63, 3.8) is 0 Å². The van der Waals surface area contributed by atoms with Crippen LogP contribution in [0.1, 0.15) is 13.8 Å². The maximum Gasteiger partial charge on any atom is 0.523 e. The molecule has 0 aromatic carbocycles. The van der Waals surface area contributed by atoms with Gasteiger partial charge in [-0.15, -0.1) is 0 Å². The van der Waals surface area contributed by atoms with Crippen molar-refractivity contribution in [1.29, 1.82) is 0 Å². The zero-order chi connectivity index (χ0) is 17.4. The predicted octanol–water partition coefficient (Wildman–Crippen LogP) is 1.82. The van der Waals surface area contributed by atoms with Crippen molar-refractivity contribution >= 4 is 17.7 Å². The van der Waals surface area contributed by atoms with Gasteiger partial charge in [-0.25, -0.2) is 4.18 Å². The van der Waals surface area contributed by atoms with Gasteiger partial charge in [0.15, 0.2) is 5.79 Å². The first kappa shape index (κ1) is 19.8. The van der Waals surface area contributed by atoms with Gasteiger partial charge in [-0.05, 0) is 13.8 Å². The lowest BCUT2D eigenvalue weighted by Gasteiger charge is -2.28. The topological polar surface area (TPSA) is 97.4 Å². The number of ether oxygens (including phenoxy) is 2. The Morgan fingerprint density at radius 1 is 1.27 bits per heavy atom. The van der Waals surface area contributed by atoms with Gasteiger partial charge in [0.25, 0.3) is 0 Å². The SMILES string of the molecule is COP(=O)(OC)[C@H](OS(=O)(=O)C(F)(F)F)C1COC(C)(C)O1. The highest BCUT2D eigenvalue weighted by Crippen LogP contribution is 2.56. The van der Waals surface area contributed by atoms with Crippen molar-refractivity contribution < 1.29 is 48.9 Å². The normalized spacial score (nSPS) is 24.4. The van der Waals surface area contributed by atoms with E-state index >= 15 is 0 Å². The van der Waals surface area contributed by atoms with Gasteiger partial charge in [0.05, 0.1) is 6.61 Å². The van der Waals surface area contributed by atoms with Gasteiger partial charge in [-0.1, -0.05) is 0 Å². The second kappa shape index (κ2) is 6.34. The molecule has 0 amide bonds. The van der Waals surface area contributed by atoms with Crippen LogP contribution in [0, 0.1) is 0 Å². The van der Waals surface area contributed by atoms with Crippen LogP contribution in [0.3, 0.4) is 0 Å². The van der Waals surface area contributed by atoms with E-state index in [-0.39, 0.29) is 6.61 Å². The predicted molar refractivity (Wildman–Crippen MR) is 66.4 cm³/mol. The summed E-state index contributed by atoms with van der Waals surface area (Å²) in [6, 6.07) is 0. The van der Waals surface area contributed by atoms with Crippen LogP contribution in [0.5, 0.6) is 0 Å². The zero-order valence-corrected chi connectivity index (χ0v) is 13.8. The first-order valence-corrected chi connectivity index (χ1v) is 8.82. The first-order chi connectivity index (χ1) is 9.78. The average Bonchev–Trinajstić information content (AvgIpc) is 2.74. The minimum atomic E-state index is -6.04. The minimum absolute atomic E-state index is 0.359.